The number of aliphatic hydroxyl groups is 1. The van der Waals surface area contributed by atoms with E-state index in [9.17, 15) is 5.11 Å². The second-order valence-corrected chi connectivity index (χ2v) is 5.65. The number of aliphatic hydroxyl groups excluding tert-OH is 1. The Hall–Kier alpha value is -0.860. The first-order valence-electron chi connectivity index (χ1n) is 6.56. The van der Waals surface area contributed by atoms with Gasteiger partial charge >= 0.3 is 0 Å². The van der Waals surface area contributed by atoms with Crippen LogP contribution in [0, 0.1) is 0 Å². The molecule has 1 fully saturated rings. The van der Waals surface area contributed by atoms with Gasteiger partial charge in [-0.2, -0.15) is 0 Å². The summed E-state index contributed by atoms with van der Waals surface area (Å²) in [5, 5.41) is 13.0. The van der Waals surface area contributed by atoms with Gasteiger partial charge in [0, 0.05) is 5.41 Å². The van der Waals surface area contributed by atoms with Crippen molar-refractivity contribution in [3.8, 4) is 0 Å². The van der Waals surface area contributed by atoms with Gasteiger partial charge in [-0.3, -0.25) is 0 Å². The molecule has 0 aromatic heterocycles. The Balaban J connectivity index is 2.33. The number of piperidine rings is 1. The van der Waals surface area contributed by atoms with Crippen LogP contribution in [0.1, 0.15) is 43.7 Å². The van der Waals surface area contributed by atoms with Crippen molar-refractivity contribution in [2.24, 2.45) is 0 Å². The van der Waals surface area contributed by atoms with Crippen molar-refractivity contribution < 1.29 is 5.11 Å². The molecule has 0 saturated carbocycles. The molecule has 1 aliphatic rings. The molecule has 2 heteroatoms. The Bertz CT molecular complexity index is 367. The molecular formula is C15H23NO. The summed E-state index contributed by atoms with van der Waals surface area (Å²) in [6.07, 6.45) is 2.41. The normalized spacial score (nSPS) is 18.3. The minimum absolute atomic E-state index is 0.137. The van der Waals surface area contributed by atoms with Crippen molar-refractivity contribution >= 4 is 0 Å². The summed E-state index contributed by atoms with van der Waals surface area (Å²) in [5.74, 6) is 0.651. The monoisotopic (exact) mass is 233 g/mol. The van der Waals surface area contributed by atoms with Crippen molar-refractivity contribution in [2.45, 2.75) is 38.0 Å². The second-order valence-electron chi connectivity index (χ2n) is 5.65. The standard InChI is InChI=1S/C15H23NO/c1-15(2,11-17)14-6-4-3-5-13(14)12-7-9-16-10-8-12/h3-6,12,16-17H,7-11H2,1-2H3. The molecule has 0 radical (unpaired) electrons. The lowest BCUT2D eigenvalue weighted by atomic mass is 9.77. The van der Waals surface area contributed by atoms with E-state index in [-0.39, 0.29) is 12.0 Å². The van der Waals surface area contributed by atoms with Crippen molar-refractivity contribution in [1.29, 1.82) is 0 Å². The molecule has 1 heterocycles. The highest BCUT2D eigenvalue weighted by atomic mass is 16.3. The molecule has 1 saturated heterocycles. The molecule has 17 heavy (non-hydrogen) atoms. The van der Waals surface area contributed by atoms with E-state index in [4.69, 9.17) is 0 Å². The van der Waals surface area contributed by atoms with Crippen LogP contribution in [0.25, 0.3) is 0 Å². The molecule has 0 amide bonds. The second kappa shape index (κ2) is 5.19. The van der Waals surface area contributed by atoms with Crippen LogP contribution in [0.3, 0.4) is 0 Å². The third kappa shape index (κ3) is 2.70. The molecule has 2 rings (SSSR count). The van der Waals surface area contributed by atoms with Gasteiger partial charge in [-0.1, -0.05) is 38.1 Å². The zero-order valence-electron chi connectivity index (χ0n) is 10.9. The average molecular weight is 233 g/mol. The van der Waals surface area contributed by atoms with Crippen LogP contribution in [0.4, 0.5) is 0 Å². The van der Waals surface area contributed by atoms with Gasteiger partial charge in [0.25, 0.3) is 0 Å². The van der Waals surface area contributed by atoms with E-state index < -0.39 is 0 Å². The zero-order valence-corrected chi connectivity index (χ0v) is 10.9. The van der Waals surface area contributed by atoms with E-state index in [2.05, 4.69) is 43.4 Å². The summed E-state index contributed by atoms with van der Waals surface area (Å²) in [4.78, 5) is 0. The molecule has 0 atom stereocenters. The lowest BCUT2D eigenvalue weighted by molar-refractivity contribution is 0.217. The maximum absolute atomic E-state index is 9.56. The first-order chi connectivity index (χ1) is 8.15. The van der Waals surface area contributed by atoms with Crippen molar-refractivity contribution in [3.63, 3.8) is 0 Å². The Kier molecular flexibility index (Phi) is 3.85. The number of hydrogen-bond acceptors (Lipinski definition) is 2. The molecule has 0 bridgehead atoms. The molecule has 1 aliphatic heterocycles. The largest absolute Gasteiger partial charge is 0.395 e. The maximum Gasteiger partial charge on any atom is 0.0522 e. The Labute approximate surface area is 104 Å². The smallest absolute Gasteiger partial charge is 0.0522 e. The van der Waals surface area contributed by atoms with Crippen LogP contribution >= 0.6 is 0 Å². The van der Waals surface area contributed by atoms with Crippen LogP contribution < -0.4 is 5.32 Å². The summed E-state index contributed by atoms with van der Waals surface area (Å²) in [7, 11) is 0. The molecule has 1 aromatic rings. The highest BCUT2D eigenvalue weighted by Gasteiger charge is 2.26. The minimum atomic E-state index is -0.137. The minimum Gasteiger partial charge on any atom is -0.395 e. The number of benzene rings is 1. The first-order valence-corrected chi connectivity index (χ1v) is 6.56. The van der Waals surface area contributed by atoms with Gasteiger partial charge in [0.15, 0.2) is 0 Å². The summed E-state index contributed by atoms with van der Waals surface area (Å²) in [6.45, 7) is 6.66. The maximum atomic E-state index is 9.56. The van der Waals surface area contributed by atoms with Gasteiger partial charge in [0.1, 0.15) is 0 Å². The van der Waals surface area contributed by atoms with Gasteiger partial charge in [0.05, 0.1) is 6.61 Å². The van der Waals surface area contributed by atoms with E-state index in [0.29, 0.717) is 5.92 Å². The fourth-order valence-electron chi connectivity index (χ4n) is 2.69. The van der Waals surface area contributed by atoms with Crippen LogP contribution in [0.2, 0.25) is 0 Å². The molecule has 0 aliphatic carbocycles. The topological polar surface area (TPSA) is 32.3 Å². The third-order valence-electron chi connectivity index (χ3n) is 3.86. The average Bonchev–Trinajstić information content (AvgIpc) is 2.40. The molecule has 1 aromatic carbocycles. The number of hydrogen-bond donors (Lipinski definition) is 2. The van der Waals surface area contributed by atoms with Crippen molar-refractivity contribution in [1.82, 2.24) is 5.32 Å². The van der Waals surface area contributed by atoms with E-state index in [0.717, 1.165) is 13.1 Å². The van der Waals surface area contributed by atoms with Crippen molar-refractivity contribution in [3.05, 3.63) is 35.4 Å². The summed E-state index contributed by atoms with van der Waals surface area (Å²) < 4.78 is 0. The molecule has 0 unspecified atom stereocenters. The highest BCUT2D eigenvalue weighted by molar-refractivity contribution is 5.36. The Morgan fingerprint density at radius 1 is 1.24 bits per heavy atom. The molecular weight excluding hydrogens is 210 g/mol. The van der Waals surface area contributed by atoms with Gasteiger partial charge in [-0.25, -0.2) is 0 Å². The summed E-state index contributed by atoms with van der Waals surface area (Å²) >= 11 is 0. The first kappa shape index (κ1) is 12.6. The lowest BCUT2D eigenvalue weighted by Crippen LogP contribution is -2.29. The van der Waals surface area contributed by atoms with Crippen LogP contribution in [-0.2, 0) is 5.41 Å². The van der Waals surface area contributed by atoms with E-state index in [1.807, 2.05) is 0 Å². The Morgan fingerprint density at radius 2 is 1.88 bits per heavy atom. The third-order valence-corrected chi connectivity index (χ3v) is 3.86. The van der Waals surface area contributed by atoms with E-state index in [1.165, 1.54) is 24.0 Å². The Morgan fingerprint density at radius 3 is 2.53 bits per heavy atom. The van der Waals surface area contributed by atoms with Crippen LogP contribution in [-0.4, -0.2) is 24.8 Å². The number of rotatable bonds is 3. The lowest BCUT2D eigenvalue weighted by Gasteiger charge is -2.31. The van der Waals surface area contributed by atoms with Gasteiger partial charge < -0.3 is 10.4 Å². The predicted octanol–water partition coefficient (Wildman–Crippen LogP) is 2.42. The summed E-state index contributed by atoms with van der Waals surface area (Å²) in [5.41, 5.74) is 2.61. The van der Waals surface area contributed by atoms with E-state index >= 15 is 0 Å². The van der Waals surface area contributed by atoms with Gasteiger partial charge in [0.2, 0.25) is 0 Å². The van der Waals surface area contributed by atoms with Gasteiger partial charge in [-0.15, -0.1) is 0 Å². The van der Waals surface area contributed by atoms with E-state index in [1.54, 1.807) is 0 Å². The highest BCUT2D eigenvalue weighted by Crippen LogP contribution is 2.34. The van der Waals surface area contributed by atoms with Gasteiger partial charge in [-0.05, 0) is 43.0 Å². The molecule has 2 N–H and O–H groups in total. The molecule has 2 nitrogen and oxygen atoms in total. The molecule has 94 valence electrons. The fourth-order valence-corrected chi connectivity index (χ4v) is 2.69. The predicted molar refractivity (Wildman–Crippen MR) is 71.4 cm³/mol. The SMILES string of the molecule is CC(C)(CO)c1ccccc1C1CCNCC1. The van der Waals surface area contributed by atoms with Crippen LogP contribution in [0.15, 0.2) is 24.3 Å². The number of nitrogens with one attached hydrogen (secondary N) is 1. The molecule has 0 spiro atoms. The quantitative estimate of drug-likeness (QED) is 0.840. The van der Waals surface area contributed by atoms with Crippen LogP contribution in [0.5, 0.6) is 0 Å². The fraction of sp³-hybridized carbons (Fsp3) is 0.600. The summed E-state index contributed by atoms with van der Waals surface area (Å²) in [6, 6.07) is 8.61. The van der Waals surface area contributed by atoms with Crippen molar-refractivity contribution in [2.75, 3.05) is 19.7 Å². The zero-order chi connectivity index (χ0) is 12.3.